The third-order valence-corrected chi connectivity index (χ3v) is 5.10. The van der Waals surface area contributed by atoms with Gasteiger partial charge >= 0.3 is 0 Å². The van der Waals surface area contributed by atoms with Crippen LogP contribution in [0, 0.1) is 16.7 Å². The molecule has 0 heterocycles. The fraction of sp³-hybridized carbons (Fsp3) is 0.929. The maximum Gasteiger partial charge on any atom is 0.107 e. The maximum absolute atomic E-state index is 9.44. The van der Waals surface area contributed by atoms with Gasteiger partial charge in [-0.25, -0.2) is 0 Å². The number of hydrogen-bond acceptors (Lipinski definition) is 2. The summed E-state index contributed by atoms with van der Waals surface area (Å²) in [5, 5.41) is 13.0. The lowest BCUT2D eigenvalue weighted by Gasteiger charge is -2.42. The van der Waals surface area contributed by atoms with Crippen molar-refractivity contribution in [1.82, 2.24) is 5.32 Å². The molecule has 0 aliphatic heterocycles. The Morgan fingerprint density at radius 2 is 1.56 bits per heavy atom. The van der Waals surface area contributed by atoms with Crippen molar-refractivity contribution in [1.29, 1.82) is 5.26 Å². The minimum atomic E-state index is -0.158. The van der Waals surface area contributed by atoms with Crippen LogP contribution in [0.2, 0.25) is 0 Å². The molecule has 3 rings (SSSR count). The number of nitriles is 1. The highest BCUT2D eigenvalue weighted by atomic mass is 15.0. The Hall–Kier alpha value is -0.550. The van der Waals surface area contributed by atoms with E-state index in [0.29, 0.717) is 11.5 Å². The van der Waals surface area contributed by atoms with Crippen LogP contribution in [-0.2, 0) is 0 Å². The average molecular weight is 218 g/mol. The molecule has 2 nitrogen and oxygen atoms in total. The summed E-state index contributed by atoms with van der Waals surface area (Å²) in [6.07, 6.45) is 13.1. The summed E-state index contributed by atoms with van der Waals surface area (Å²) in [7, 11) is 0. The van der Waals surface area contributed by atoms with Gasteiger partial charge in [0.25, 0.3) is 0 Å². The van der Waals surface area contributed by atoms with Crippen LogP contribution >= 0.6 is 0 Å². The Morgan fingerprint density at radius 1 is 0.938 bits per heavy atom. The molecule has 0 radical (unpaired) electrons. The fourth-order valence-corrected chi connectivity index (χ4v) is 3.74. The second kappa shape index (κ2) is 3.74. The van der Waals surface area contributed by atoms with E-state index in [2.05, 4.69) is 11.4 Å². The molecule has 3 fully saturated rings. The van der Waals surface area contributed by atoms with Crippen LogP contribution in [0.4, 0.5) is 0 Å². The molecule has 0 atom stereocenters. The van der Waals surface area contributed by atoms with Gasteiger partial charge in [-0.2, -0.15) is 5.26 Å². The Morgan fingerprint density at radius 3 is 2.06 bits per heavy atom. The Labute approximate surface area is 98.4 Å². The summed E-state index contributed by atoms with van der Waals surface area (Å²) < 4.78 is 0. The van der Waals surface area contributed by atoms with Gasteiger partial charge in [0.15, 0.2) is 0 Å². The molecule has 0 amide bonds. The van der Waals surface area contributed by atoms with E-state index in [1.165, 1.54) is 51.4 Å². The third-order valence-electron chi connectivity index (χ3n) is 5.10. The van der Waals surface area contributed by atoms with Gasteiger partial charge in [-0.3, -0.25) is 5.32 Å². The molecule has 1 spiro atoms. The van der Waals surface area contributed by atoms with Gasteiger partial charge in [0.05, 0.1) is 6.07 Å². The van der Waals surface area contributed by atoms with Gasteiger partial charge < -0.3 is 0 Å². The van der Waals surface area contributed by atoms with E-state index in [4.69, 9.17) is 0 Å². The predicted molar refractivity (Wildman–Crippen MR) is 63.9 cm³/mol. The zero-order valence-corrected chi connectivity index (χ0v) is 10.1. The quantitative estimate of drug-likeness (QED) is 0.773. The first-order chi connectivity index (χ1) is 7.76. The van der Waals surface area contributed by atoms with E-state index in [1.54, 1.807) is 0 Å². The second-order valence-electron chi connectivity index (χ2n) is 6.32. The molecule has 3 aliphatic rings. The van der Waals surface area contributed by atoms with Gasteiger partial charge in [-0.15, -0.1) is 0 Å². The zero-order chi connectivity index (χ0) is 11.1. The third kappa shape index (κ3) is 1.86. The number of rotatable bonds is 2. The molecular formula is C14H22N2. The van der Waals surface area contributed by atoms with Gasteiger partial charge in [0.2, 0.25) is 0 Å². The van der Waals surface area contributed by atoms with Crippen molar-refractivity contribution in [3.63, 3.8) is 0 Å². The van der Waals surface area contributed by atoms with E-state index in [-0.39, 0.29) is 5.54 Å². The maximum atomic E-state index is 9.44. The number of nitrogens with one attached hydrogen (secondary N) is 1. The van der Waals surface area contributed by atoms with Crippen LogP contribution in [0.25, 0.3) is 0 Å². The SMILES string of the molecule is N#CC1(NC2CC2)CCC2(CCCC2)CC1. The lowest BCUT2D eigenvalue weighted by Crippen LogP contribution is -2.49. The summed E-state index contributed by atoms with van der Waals surface area (Å²) >= 11 is 0. The van der Waals surface area contributed by atoms with Crippen molar-refractivity contribution < 1.29 is 0 Å². The van der Waals surface area contributed by atoms with E-state index in [1.807, 2.05) is 0 Å². The van der Waals surface area contributed by atoms with E-state index in [0.717, 1.165) is 12.8 Å². The van der Waals surface area contributed by atoms with Crippen molar-refractivity contribution in [3.8, 4) is 6.07 Å². The largest absolute Gasteiger partial charge is 0.297 e. The first kappa shape index (κ1) is 10.6. The lowest BCUT2D eigenvalue weighted by molar-refractivity contribution is 0.139. The molecule has 88 valence electrons. The molecule has 3 saturated carbocycles. The van der Waals surface area contributed by atoms with Gasteiger partial charge in [0, 0.05) is 6.04 Å². The van der Waals surface area contributed by atoms with Crippen LogP contribution in [0.3, 0.4) is 0 Å². The van der Waals surface area contributed by atoms with Crippen LogP contribution in [-0.4, -0.2) is 11.6 Å². The summed E-state index contributed by atoms with van der Waals surface area (Å²) in [4.78, 5) is 0. The van der Waals surface area contributed by atoms with Crippen LogP contribution in [0.1, 0.15) is 64.2 Å². The zero-order valence-electron chi connectivity index (χ0n) is 10.1. The molecule has 16 heavy (non-hydrogen) atoms. The molecule has 2 heteroatoms. The number of hydrogen-bond donors (Lipinski definition) is 1. The first-order valence-corrected chi connectivity index (χ1v) is 6.95. The Bertz CT molecular complexity index is 295. The first-order valence-electron chi connectivity index (χ1n) is 6.95. The fourth-order valence-electron chi connectivity index (χ4n) is 3.74. The van der Waals surface area contributed by atoms with Crippen LogP contribution < -0.4 is 5.32 Å². The smallest absolute Gasteiger partial charge is 0.107 e. The van der Waals surface area contributed by atoms with Gasteiger partial charge in [-0.05, 0) is 56.8 Å². The summed E-state index contributed by atoms with van der Waals surface area (Å²) in [6, 6.07) is 3.25. The van der Waals surface area contributed by atoms with Crippen molar-refractivity contribution in [3.05, 3.63) is 0 Å². The predicted octanol–water partition coefficient (Wildman–Crippen LogP) is 3.14. The van der Waals surface area contributed by atoms with Crippen molar-refractivity contribution in [2.45, 2.75) is 75.8 Å². The highest BCUT2D eigenvalue weighted by Gasteiger charge is 2.45. The van der Waals surface area contributed by atoms with E-state index < -0.39 is 0 Å². The van der Waals surface area contributed by atoms with Gasteiger partial charge in [0.1, 0.15) is 5.54 Å². The monoisotopic (exact) mass is 218 g/mol. The molecule has 0 saturated heterocycles. The van der Waals surface area contributed by atoms with E-state index >= 15 is 0 Å². The van der Waals surface area contributed by atoms with Gasteiger partial charge in [-0.1, -0.05) is 12.8 Å². The minimum Gasteiger partial charge on any atom is -0.297 e. The van der Waals surface area contributed by atoms with Crippen molar-refractivity contribution in [2.75, 3.05) is 0 Å². The highest BCUT2D eigenvalue weighted by Crippen LogP contribution is 2.51. The van der Waals surface area contributed by atoms with Crippen LogP contribution in [0.15, 0.2) is 0 Å². The minimum absolute atomic E-state index is 0.158. The highest BCUT2D eigenvalue weighted by molar-refractivity contribution is 5.13. The molecule has 0 aromatic rings. The van der Waals surface area contributed by atoms with Crippen molar-refractivity contribution in [2.24, 2.45) is 5.41 Å². The second-order valence-corrected chi connectivity index (χ2v) is 6.32. The molecular weight excluding hydrogens is 196 g/mol. The lowest BCUT2D eigenvalue weighted by atomic mass is 9.67. The molecule has 0 aromatic heterocycles. The topological polar surface area (TPSA) is 35.8 Å². The Balaban J connectivity index is 1.64. The summed E-state index contributed by atoms with van der Waals surface area (Å²) in [5.74, 6) is 0. The van der Waals surface area contributed by atoms with E-state index in [9.17, 15) is 5.26 Å². The van der Waals surface area contributed by atoms with Crippen LogP contribution in [0.5, 0.6) is 0 Å². The summed E-state index contributed by atoms with van der Waals surface area (Å²) in [6.45, 7) is 0. The number of nitrogens with zero attached hydrogens (tertiary/aromatic N) is 1. The molecule has 0 unspecified atom stereocenters. The normalized spacial score (nSPS) is 31.4. The molecule has 1 N–H and O–H groups in total. The average Bonchev–Trinajstić information content (AvgIpc) is 3.01. The molecule has 0 bridgehead atoms. The summed E-state index contributed by atoms with van der Waals surface area (Å²) in [5.41, 5.74) is 0.487. The standard InChI is InChI=1S/C14H22N2/c15-11-14(16-12-3-4-12)9-7-13(8-10-14)5-1-2-6-13/h12,16H,1-10H2. The van der Waals surface area contributed by atoms with Crippen molar-refractivity contribution >= 4 is 0 Å². The molecule has 3 aliphatic carbocycles. The Kier molecular flexibility index (Phi) is 2.47. The molecule has 0 aromatic carbocycles.